The molecule has 3 aromatic heterocycles. The van der Waals surface area contributed by atoms with Gasteiger partial charge in [0.25, 0.3) is 0 Å². The molecule has 0 spiro atoms. The number of pyridine rings is 2. The van der Waals surface area contributed by atoms with Crippen molar-refractivity contribution in [3.63, 3.8) is 0 Å². The van der Waals surface area contributed by atoms with Crippen molar-refractivity contribution in [3.05, 3.63) is 65.6 Å². The highest BCUT2D eigenvalue weighted by Gasteiger charge is 2.27. The minimum atomic E-state index is -1.65. The van der Waals surface area contributed by atoms with Crippen LogP contribution >= 0.6 is 0 Å². The van der Waals surface area contributed by atoms with Gasteiger partial charge in [-0.25, -0.2) is 9.67 Å². The minimum Gasteiger partial charge on any atom is -0.494 e. The number of fused-ring (bicyclic) bond motifs is 1. The first-order valence-electron chi connectivity index (χ1n) is 12.6. The largest absolute Gasteiger partial charge is 0.494 e. The predicted octanol–water partition coefficient (Wildman–Crippen LogP) is 5.24. The topological polar surface area (TPSA) is 114 Å². The van der Waals surface area contributed by atoms with Crippen molar-refractivity contribution in [3.8, 4) is 11.8 Å². The summed E-state index contributed by atoms with van der Waals surface area (Å²) in [5.74, 6) is -0.177. The molecule has 2 N–H and O–H groups in total. The quantitative estimate of drug-likeness (QED) is 0.315. The van der Waals surface area contributed by atoms with Crippen LogP contribution in [0.2, 0.25) is 0 Å². The van der Waals surface area contributed by atoms with Crippen molar-refractivity contribution in [1.82, 2.24) is 25.0 Å². The van der Waals surface area contributed by atoms with E-state index in [9.17, 15) is 11.0 Å². The Balaban J connectivity index is 1.64. The molecule has 3 heterocycles. The molecule has 1 aromatic carbocycles. The number of ether oxygens (including phenoxy) is 1. The molecule has 1 saturated carbocycles. The lowest BCUT2D eigenvalue weighted by atomic mass is 9.96. The van der Waals surface area contributed by atoms with Crippen molar-refractivity contribution < 1.29 is 10.5 Å². The summed E-state index contributed by atoms with van der Waals surface area (Å²) in [4.78, 5) is 8.25. The van der Waals surface area contributed by atoms with E-state index < -0.39 is 12.0 Å². The van der Waals surface area contributed by atoms with Crippen LogP contribution in [0.1, 0.15) is 63.9 Å². The van der Waals surface area contributed by atoms with Gasteiger partial charge in [-0.1, -0.05) is 32.1 Å². The van der Waals surface area contributed by atoms with Crippen molar-refractivity contribution in [1.29, 1.82) is 5.26 Å². The summed E-state index contributed by atoms with van der Waals surface area (Å²) in [5, 5.41) is 25.6. The molecule has 0 aliphatic heterocycles. The molecule has 0 radical (unpaired) electrons. The third-order valence-corrected chi connectivity index (χ3v) is 6.05. The van der Waals surface area contributed by atoms with E-state index >= 15 is 0 Å². The zero-order valence-corrected chi connectivity index (χ0v) is 21.2. The molecule has 1 aliphatic rings. The van der Waals surface area contributed by atoms with Gasteiger partial charge in [-0.15, -0.1) is 5.10 Å². The number of aromatic nitrogens is 5. The van der Waals surface area contributed by atoms with Gasteiger partial charge >= 0.3 is 0 Å². The molecule has 5 rings (SSSR count). The van der Waals surface area contributed by atoms with Crippen molar-refractivity contribution in [2.75, 3.05) is 24.3 Å². The van der Waals surface area contributed by atoms with E-state index in [1.54, 1.807) is 24.1 Å². The Morgan fingerprint density at radius 1 is 1.27 bits per heavy atom. The number of rotatable bonds is 8. The molecule has 1 atom stereocenters. The van der Waals surface area contributed by atoms with Crippen LogP contribution in [0.4, 0.5) is 15.8 Å². The van der Waals surface area contributed by atoms with Crippen molar-refractivity contribution in [2.24, 2.45) is 5.41 Å². The van der Waals surface area contributed by atoms with Gasteiger partial charge in [0.1, 0.15) is 23.0 Å². The van der Waals surface area contributed by atoms with Gasteiger partial charge in [-0.05, 0) is 36.0 Å². The zero-order valence-electron chi connectivity index (χ0n) is 22.2. The van der Waals surface area contributed by atoms with Crippen LogP contribution in [0, 0.1) is 22.7 Å². The molecule has 4 aromatic rings. The number of methoxy groups -OCH3 is 1. The van der Waals surface area contributed by atoms with E-state index in [0.717, 1.165) is 12.8 Å². The third-order valence-electron chi connectivity index (χ3n) is 6.05. The van der Waals surface area contributed by atoms with Gasteiger partial charge in [-0.2, -0.15) is 9.65 Å². The minimum absolute atomic E-state index is 0.0401. The Bertz CT molecular complexity index is 1520. The van der Waals surface area contributed by atoms with Crippen LogP contribution in [0.15, 0.2) is 42.9 Å². The molecular formula is C27H29FN8O. The molecule has 0 amide bonds. The fraction of sp³-hybridized carbons (Fsp3) is 0.370. The highest BCUT2D eigenvalue weighted by molar-refractivity contribution is 5.99. The molecule has 37 heavy (non-hydrogen) atoms. The van der Waals surface area contributed by atoms with E-state index in [0.29, 0.717) is 51.4 Å². The molecule has 1 fully saturated rings. The maximum atomic E-state index is 13.7. The van der Waals surface area contributed by atoms with E-state index in [1.165, 1.54) is 24.5 Å². The van der Waals surface area contributed by atoms with Crippen LogP contribution in [0.3, 0.4) is 0 Å². The summed E-state index contributed by atoms with van der Waals surface area (Å²) in [6.45, 7) is 6.92. The first-order valence-corrected chi connectivity index (χ1v) is 12.1. The Kier molecular flexibility index (Phi) is 6.04. The monoisotopic (exact) mass is 501 g/mol. The van der Waals surface area contributed by atoms with Gasteiger partial charge in [0.05, 0.1) is 38.0 Å². The molecule has 10 heteroatoms. The standard InChI is InChI=1S/C27H29FN8O/c1-27(2,3)15-32-24-17(11-29)13-31-26-20(24)9-18(10-22(26)37-4)33-25(16-5-8-23(28)30-12-16)21-14-36(35-34-21)19-6-7-19/h5,8-10,12-14,19,25,33H,6-7,15H2,1-4H3,(H,31,32)/i25D. The number of benzene rings is 1. The second kappa shape index (κ2) is 9.65. The van der Waals surface area contributed by atoms with E-state index in [1.807, 2.05) is 6.07 Å². The summed E-state index contributed by atoms with van der Waals surface area (Å²) in [7, 11) is 1.54. The lowest BCUT2D eigenvalue weighted by molar-refractivity contribution is 0.419. The number of hydrogen-bond donors (Lipinski definition) is 2. The van der Waals surface area contributed by atoms with Gasteiger partial charge in [0.15, 0.2) is 0 Å². The van der Waals surface area contributed by atoms with Gasteiger partial charge in [0.2, 0.25) is 5.95 Å². The highest BCUT2D eigenvalue weighted by Crippen LogP contribution is 2.38. The first kappa shape index (κ1) is 23.2. The van der Waals surface area contributed by atoms with Gasteiger partial charge in [0, 0.05) is 36.1 Å². The summed E-state index contributed by atoms with van der Waals surface area (Å²) in [6.07, 6.45) is 6.61. The van der Waals surface area contributed by atoms with E-state index in [4.69, 9.17) is 4.74 Å². The Labute approximate surface area is 216 Å². The number of hydrogen-bond acceptors (Lipinski definition) is 8. The number of nitrogens with zero attached hydrogens (tertiary/aromatic N) is 6. The second-order valence-electron chi connectivity index (χ2n) is 10.3. The summed E-state index contributed by atoms with van der Waals surface area (Å²) < 4.78 is 30.6. The lowest BCUT2D eigenvalue weighted by Crippen LogP contribution is -2.20. The number of anilines is 2. The smallest absolute Gasteiger partial charge is 0.212 e. The first-order chi connectivity index (χ1) is 18.1. The summed E-state index contributed by atoms with van der Waals surface area (Å²) in [6, 6.07) is 7.12. The number of halogens is 1. The van der Waals surface area contributed by atoms with Crippen LogP contribution < -0.4 is 15.4 Å². The van der Waals surface area contributed by atoms with E-state index in [-0.39, 0.29) is 11.5 Å². The molecule has 0 bridgehead atoms. The average Bonchev–Trinajstić information content (AvgIpc) is 3.62. The average molecular weight is 502 g/mol. The molecule has 0 saturated heterocycles. The van der Waals surface area contributed by atoms with Crippen LogP contribution in [0.25, 0.3) is 10.9 Å². The van der Waals surface area contributed by atoms with E-state index in [2.05, 4.69) is 57.8 Å². The molecule has 9 nitrogen and oxygen atoms in total. The summed E-state index contributed by atoms with van der Waals surface area (Å²) >= 11 is 0. The fourth-order valence-electron chi connectivity index (χ4n) is 3.99. The molecule has 1 aliphatic carbocycles. The lowest BCUT2D eigenvalue weighted by Gasteiger charge is -2.22. The predicted molar refractivity (Wildman–Crippen MR) is 139 cm³/mol. The van der Waals surface area contributed by atoms with Crippen LogP contribution in [0.5, 0.6) is 5.75 Å². The Morgan fingerprint density at radius 3 is 2.73 bits per heavy atom. The number of nitrogens with one attached hydrogen (secondary N) is 2. The third kappa shape index (κ3) is 5.31. The molecule has 190 valence electrons. The second-order valence-corrected chi connectivity index (χ2v) is 10.3. The van der Waals surface area contributed by atoms with Crippen molar-refractivity contribution >= 4 is 22.3 Å². The van der Waals surface area contributed by atoms with Gasteiger partial charge < -0.3 is 15.4 Å². The maximum Gasteiger partial charge on any atom is 0.212 e. The summed E-state index contributed by atoms with van der Waals surface area (Å²) in [5.41, 5.74) is 2.81. The van der Waals surface area contributed by atoms with Crippen LogP contribution in [-0.2, 0) is 0 Å². The highest BCUT2D eigenvalue weighted by atomic mass is 19.1. The maximum absolute atomic E-state index is 13.7. The van der Waals surface area contributed by atoms with Crippen molar-refractivity contribution in [2.45, 2.75) is 45.7 Å². The van der Waals surface area contributed by atoms with Crippen LogP contribution in [-0.4, -0.2) is 38.6 Å². The Hall–Kier alpha value is -4.26. The zero-order chi connectivity index (χ0) is 27.1. The number of nitriles is 1. The Morgan fingerprint density at radius 2 is 2.08 bits per heavy atom. The SMILES string of the molecule is [2H]C(Nc1cc(OC)c2ncc(C#N)c(NCC(C)(C)C)c2c1)(c1ccc(F)nc1)c1cn(C2CC2)nn1. The molecule has 1 unspecified atom stereocenters. The normalized spacial score (nSPS) is 15.5. The fourth-order valence-corrected chi connectivity index (χ4v) is 3.99. The molecular weight excluding hydrogens is 471 g/mol. The van der Waals surface area contributed by atoms with Gasteiger partial charge in [-0.3, -0.25) is 4.98 Å².